The molecule has 0 radical (unpaired) electrons. The minimum Gasteiger partial charge on any atom is -0.296 e. The maximum atomic E-state index is 11.8. The van der Waals surface area contributed by atoms with Crippen molar-refractivity contribution in [3.05, 3.63) is 20.8 Å². The number of H-pyrrole nitrogens is 1. The number of rotatable bonds is 1. The van der Waals surface area contributed by atoms with Crippen LogP contribution in [0.4, 0.5) is 5.95 Å². The van der Waals surface area contributed by atoms with Crippen molar-refractivity contribution in [1.29, 1.82) is 0 Å². The number of aryl methyl sites for hydroxylation is 2. The van der Waals surface area contributed by atoms with Crippen molar-refractivity contribution in [3.8, 4) is 0 Å². The van der Waals surface area contributed by atoms with Crippen LogP contribution in [-0.4, -0.2) is 15.9 Å². The Kier molecular flexibility index (Phi) is 2.51. The Balaban J connectivity index is 2.69. The predicted octanol–water partition coefficient (Wildman–Crippen LogP) is 1.56. The summed E-state index contributed by atoms with van der Waals surface area (Å²) < 4.78 is 0. The van der Waals surface area contributed by atoms with Gasteiger partial charge in [0, 0.05) is 11.8 Å². The number of carbonyl (C=O) groups is 1. The number of aromatic amines is 1. The third-order valence-corrected chi connectivity index (χ3v) is 3.43. The molecule has 2 aromatic heterocycles. The van der Waals surface area contributed by atoms with Crippen LogP contribution in [0.15, 0.2) is 4.79 Å². The Bertz CT molecular complexity index is 627. The molecule has 0 aliphatic carbocycles. The van der Waals surface area contributed by atoms with Crippen LogP contribution in [0.25, 0.3) is 10.2 Å². The number of aromatic nitrogens is 2. The van der Waals surface area contributed by atoms with Gasteiger partial charge in [-0.25, -0.2) is 4.98 Å². The number of hydrogen-bond donors (Lipinski definition) is 2. The lowest BCUT2D eigenvalue weighted by molar-refractivity contribution is -0.114. The fourth-order valence-electron chi connectivity index (χ4n) is 1.48. The highest BCUT2D eigenvalue weighted by atomic mass is 32.1. The smallest absolute Gasteiger partial charge is 0.261 e. The fraction of sp³-hybridized carbons (Fsp3) is 0.300. The molecule has 6 heteroatoms. The van der Waals surface area contributed by atoms with Crippen molar-refractivity contribution >= 4 is 33.4 Å². The predicted molar refractivity (Wildman–Crippen MR) is 64.0 cm³/mol. The molecule has 2 heterocycles. The second-order valence-corrected chi connectivity index (χ2v) is 4.76. The van der Waals surface area contributed by atoms with E-state index < -0.39 is 0 Å². The van der Waals surface area contributed by atoms with Crippen LogP contribution >= 0.6 is 11.3 Å². The summed E-state index contributed by atoms with van der Waals surface area (Å²) in [4.78, 5) is 31.1. The van der Waals surface area contributed by atoms with Gasteiger partial charge in [-0.1, -0.05) is 0 Å². The third kappa shape index (κ3) is 1.71. The molecule has 5 nitrogen and oxygen atoms in total. The Labute approximate surface area is 95.5 Å². The molecule has 0 aliphatic heterocycles. The number of amides is 1. The lowest BCUT2D eigenvalue weighted by atomic mass is 10.2. The number of fused-ring (bicyclic) bond motifs is 1. The summed E-state index contributed by atoms with van der Waals surface area (Å²) in [5.41, 5.74) is 0.735. The number of thiophene rings is 1. The van der Waals surface area contributed by atoms with Crippen LogP contribution in [0.5, 0.6) is 0 Å². The lowest BCUT2D eigenvalue weighted by Gasteiger charge is -1.99. The molecule has 1 amide bonds. The van der Waals surface area contributed by atoms with Gasteiger partial charge in [0.15, 0.2) is 0 Å². The second-order valence-electron chi connectivity index (χ2n) is 3.56. The first-order valence-electron chi connectivity index (χ1n) is 4.76. The monoisotopic (exact) mass is 237 g/mol. The molecule has 0 aromatic carbocycles. The molecule has 0 bridgehead atoms. The van der Waals surface area contributed by atoms with E-state index >= 15 is 0 Å². The van der Waals surface area contributed by atoms with Crippen molar-refractivity contribution in [2.24, 2.45) is 0 Å². The van der Waals surface area contributed by atoms with Crippen LogP contribution in [0.3, 0.4) is 0 Å². The first-order valence-corrected chi connectivity index (χ1v) is 5.58. The number of anilines is 1. The van der Waals surface area contributed by atoms with Crippen molar-refractivity contribution in [2.45, 2.75) is 20.8 Å². The number of carbonyl (C=O) groups excluding carboxylic acids is 1. The van der Waals surface area contributed by atoms with Crippen LogP contribution in [0.1, 0.15) is 17.4 Å². The van der Waals surface area contributed by atoms with Gasteiger partial charge in [-0.05, 0) is 19.4 Å². The molecule has 0 aliphatic rings. The molecule has 0 atom stereocenters. The molecule has 2 aromatic rings. The molecule has 84 valence electrons. The normalized spacial score (nSPS) is 10.7. The van der Waals surface area contributed by atoms with Gasteiger partial charge in [0.1, 0.15) is 4.83 Å². The van der Waals surface area contributed by atoms with Gasteiger partial charge in [-0.3, -0.25) is 19.9 Å². The summed E-state index contributed by atoms with van der Waals surface area (Å²) in [7, 11) is 0. The average Bonchev–Trinajstić information content (AvgIpc) is 2.41. The highest BCUT2D eigenvalue weighted by Crippen LogP contribution is 2.26. The first-order chi connectivity index (χ1) is 7.49. The minimum atomic E-state index is -0.257. The summed E-state index contributed by atoms with van der Waals surface area (Å²) in [6, 6.07) is 0. The largest absolute Gasteiger partial charge is 0.296 e. The highest BCUT2D eigenvalue weighted by Gasteiger charge is 2.11. The maximum Gasteiger partial charge on any atom is 0.261 e. The summed E-state index contributed by atoms with van der Waals surface area (Å²) in [6.07, 6.45) is 0. The Morgan fingerprint density at radius 3 is 2.75 bits per heavy atom. The summed E-state index contributed by atoms with van der Waals surface area (Å²) in [5, 5.41) is 3.08. The van der Waals surface area contributed by atoms with Crippen molar-refractivity contribution in [2.75, 3.05) is 5.32 Å². The van der Waals surface area contributed by atoms with Crippen LogP contribution in [0, 0.1) is 13.8 Å². The standard InChI is InChI=1S/C10H11N3O2S/c1-4-5(2)16-9-7(4)8(15)12-10(13-9)11-6(3)14/h1-3H3,(H2,11,12,13,14,15). The Morgan fingerprint density at radius 2 is 2.12 bits per heavy atom. The van der Waals surface area contributed by atoms with Crippen LogP contribution < -0.4 is 10.9 Å². The van der Waals surface area contributed by atoms with Crippen molar-refractivity contribution < 1.29 is 4.79 Å². The van der Waals surface area contributed by atoms with Gasteiger partial charge < -0.3 is 0 Å². The van der Waals surface area contributed by atoms with Gasteiger partial charge in [-0.15, -0.1) is 11.3 Å². The molecule has 0 fully saturated rings. The van der Waals surface area contributed by atoms with E-state index in [0.717, 1.165) is 10.4 Å². The van der Waals surface area contributed by atoms with E-state index in [1.54, 1.807) is 0 Å². The van der Waals surface area contributed by atoms with Gasteiger partial charge in [0.25, 0.3) is 5.56 Å². The second kappa shape index (κ2) is 3.71. The quantitative estimate of drug-likeness (QED) is 0.790. The van der Waals surface area contributed by atoms with Crippen LogP contribution in [-0.2, 0) is 4.79 Å². The zero-order valence-corrected chi connectivity index (χ0v) is 9.99. The van der Waals surface area contributed by atoms with Crippen molar-refractivity contribution in [3.63, 3.8) is 0 Å². The van der Waals surface area contributed by atoms with E-state index in [1.807, 2.05) is 13.8 Å². The summed E-state index contributed by atoms with van der Waals surface area (Å²) >= 11 is 1.45. The average molecular weight is 237 g/mol. The van der Waals surface area contributed by atoms with E-state index in [0.29, 0.717) is 10.2 Å². The van der Waals surface area contributed by atoms with E-state index in [9.17, 15) is 9.59 Å². The molecule has 2 N–H and O–H groups in total. The number of nitrogens with zero attached hydrogens (tertiary/aromatic N) is 1. The topological polar surface area (TPSA) is 74.8 Å². The third-order valence-electron chi connectivity index (χ3n) is 2.33. The van der Waals surface area contributed by atoms with Gasteiger partial charge >= 0.3 is 0 Å². The zero-order chi connectivity index (χ0) is 11.9. The minimum absolute atomic E-state index is 0.200. The molecule has 0 spiro atoms. The summed E-state index contributed by atoms with van der Waals surface area (Å²) in [6.45, 7) is 5.21. The Morgan fingerprint density at radius 1 is 1.44 bits per heavy atom. The fourth-order valence-corrected chi connectivity index (χ4v) is 2.51. The molecule has 2 rings (SSSR count). The Hall–Kier alpha value is -1.69. The molecule has 0 saturated heterocycles. The lowest BCUT2D eigenvalue weighted by Crippen LogP contribution is -2.15. The van der Waals surface area contributed by atoms with E-state index in [2.05, 4.69) is 15.3 Å². The maximum absolute atomic E-state index is 11.8. The van der Waals surface area contributed by atoms with Gasteiger partial charge in [0.2, 0.25) is 11.9 Å². The zero-order valence-electron chi connectivity index (χ0n) is 9.17. The summed E-state index contributed by atoms with van der Waals surface area (Å²) in [5.74, 6) is -0.0567. The molecular formula is C10H11N3O2S. The molecule has 16 heavy (non-hydrogen) atoms. The van der Waals surface area contributed by atoms with Crippen LogP contribution in [0.2, 0.25) is 0 Å². The van der Waals surface area contributed by atoms with Gasteiger partial charge in [-0.2, -0.15) is 0 Å². The van der Waals surface area contributed by atoms with Gasteiger partial charge in [0.05, 0.1) is 5.39 Å². The molecule has 0 unspecified atom stereocenters. The van der Waals surface area contributed by atoms with E-state index in [1.165, 1.54) is 18.3 Å². The van der Waals surface area contributed by atoms with E-state index in [-0.39, 0.29) is 17.4 Å². The van der Waals surface area contributed by atoms with Crippen molar-refractivity contribution in [1.82, 2.24) is 9.97 Å². The number of nitrogens with one attached hydrogen (secondary N) is 2. The SMILES string of the molecule is CC(=O)Nc1nc2sc(C)c(C)c2c(=O)[nH]1. The highest BCUT2D eigenvalue weighted by molar-refractivity contribution is 7.18. The first kappa shape index (κ1) is 10.8. The number of hydrogen-bond acceptors (Lipinski definition) is 4. The molecule has 0 saturated carbocycles. The molecular weight excluding hydrogens is 226 g/mol. The van der Waals surface area contributed by atoms with E-state index in [4.69, 9.17) is 0 Å².